The summed E-state index contributed by atoms with van der Waals surface area (Å²) in [5, 5.41) is 12.5. The Morgan fingerprint density at radius 1 is 1.44 bits per heavy atom. The highest BCUT2D eigenvalue weighted by Crippen LogP contribution is 2.14. The number of nitrogens with one attached hydrogen (secondary N) is 1. The molecule has 2 rings (SSSR count). The normalized spacial score (nSPS) is 14.9. The van der Waals surface area contributed by atoms with Crippen molar-refractivity contribution in [2.75, 3.05) is 6.61 Å². The fourth-order valence-corrected chi connectivity index (χ4v) is 2.10. The van der Waals surface area contributed by atoms with Crippen LogP contribution in [0.2, 0.25) is 0 Å². The summed E-state index contributed by atoms with van der Waals surface area (Å²) in [6.07, 6.45) is 3.89. The number of nitrogens with zero attached hydrogens (tertiary/aromatic N) is 2. The van der Waals surface area contributed by atoms with Crippen molar-refractivity contribution in [1.82, 2.24) is 14.7 Å². The molecule has 0 aliphatic rings. The lowest BCUT2D eigenvalue weighted by atomic mass is 10.1. The Kier molecular flexibility index (Phi) is 4.37. The van der Waals surface area contributed by atoms with Crippen LogP contribution in [0.4, 0.5) is 0 Å². The maximum Gasteiger partial charge on any atom is 0.136 e. The van der Waals surface area contributed by atoms with Gasteiger partial charge in [0.1, 0.15) is 5.65 Å². The van der Waals surface area contributed by atoms with E-state index in [2.05, 4.69) is 37.6 Å². The number of imidazole rings is 1. The molecule has 0 radical (unpaired) electrons. The number of hydrogen-bond donors (Lipinski definition) is 2. The van der Waals surface area contributed by atoms with E-state index in [-0.39, 0.29) is 18.6 Å². The van der Waals surface area contributed by atoms with Gasteiger partial charge in [-0.05, 0) is 40.9 Å². The molecule has 18 heavy (non-hydrogen) atoms. The van der Waals surface area contributed by atoms with E-state index in [9.17, 15) is 0 Å². The molecule has 0 spiro atoms. The lowest BCUT2D eigenvalue weighted by molar-refractivity contribution is 0.206. The molecule has 0 fully saturated rings. The molecule has 0 bridgehead atoms. The largest absolute Gasteiger partial charge is 0.396 e. The monoisotopic (exact) mass is 311 g/mol. The zero-order valence-electron chi connectivity index (χ0n) is 10.6. The Morgan fingerprint density at radius 3 is 2.94 bits per heavy atom. The van der Waals surface area contributed by atoms with Crippen molar-refractivity contribution >= 4 is 21.6 Å². The molecule has 0 amide bonds. The van der Waals surface area contributed by atoms with E-state index in [0.29, 0.717) is 0 Å². The van der Waals surface area contributed by atoms with E-state index in [1.54, 1.807) is 0 Å². The molecule has 2 aromatic rings. The van der Waals surface area contributed by atoms with E-state index in [4.69, 9.17) is 5.11 Å². The first-order valence-corrected chi connectivity index (χ1v) is 6.87. The van der Waals surface area contributed by atoms with Gasteiger partial charge in [0.25, 0.3) is 0 Å². The van der Waals surface area contributed by atoms with Gasteiger partial charge in [-0.1, -0.05) is 6.92 Å². The third-order valence-corrected chi connectivity index (χ3v) is 3.76. The fourth-order valence-electron chi connectivity index (χ4n) is 1.76. The number of aliphatic hydroxyl groups is 1. The predicted molar refractivity (Wildman–Crippen MR) is 75.4 cm³/mol. The van der Waals surface area contributed by atoms with Gasteiger partial charge in [-0.15, -0.1) is 0 Å². The summed E-state index contributed by atoms with van der Waals surface area (Å²) in [5.74, 6) is 0.246. The molecule has 0 aliphatic heterocycles. The number of aromatic nitrogens is 2. The second-order valence-electron chi connectivity index (χ2n) is 4.65. The molecule has 5 heteroatoms. The summed E-state index contributed by atoms with van der Waals surface area (Å²) in [6, 6.07) is 4.23. The standard InChI is InChI=1S/C13H18BrN3O/c1-9(8-18)10(2)15-5-12-6-16-13-4-3-11(14)7-17(12)13/h3-4,6-7,9-10,15,18H,5,8H2,1-2H3. The van der Waals surface area contributed by atoms with Gasteiger partial charge in [-0.2, -0.15) is 0 Å². The second-order valence-corrected chi connectivity index (χ2v) is 5.57. The maximum atomic E-state index is 9.11. The highest BCUT2D eigenvalue weighted by atomic mass is 79.9. The van der Waals surface area contributed by atoms with Crippen molar-refractivity contribution in [2.45, 2.75) is 26.4 Å². The van der Waals surface area contributed by atoms with E-state index in [1.807, 2.05) is 31.5 Å². The molecule has 98 valence electrons. The van der Waals surface area contributed by atoms with Gasteiger partial charge < -0.3 is 14.8 Å². The van der Waals surface area contributed by atoms with Gasteiger partial charge in [-0.25, -0.2) is 4.98 Å². The minimum atomic E-state index is 0.201. The lowest BCUT2D eigenvalue weighted by Gasteiger charge is -2.19. The summed E-state index contributed by atoms with van der Waals surface area (Å²) in [5.41, 5.74) is 2.06. The quantitative estimate of drug-likeness (QED) is 0.890. The smallest absolute Gasteiger partial charge is 0.136 e. The van der Waals surface area contributed by atoms with Gasteiger partial charge in [0.05, 0.1) is 11.9 Å². The first kappa shape index (κ1) is 13.5. The number of halogens is 1. The SMILES string of the molecule is CC(CO)C(C)NCc1cnc2ccc(Br)cn12. The van der Waals surface area contributed by atoms with Crippen LogP contribution >= 0.6 is 15.9 Å². The Balaban J connectivity index is 2.10. The molecule has 0 aliphatic carbocycles. The zero-order valence-corrected chi connectivity index (χ0v) is 12.2. The second kappa shape index (κ2) is 5.82. The molecule has 2 aromatic heterocycles. The molecular weight excluding hydrogens is 294 g/mol. The van der Waals surface area contributed by atoms with Crippen molar-refractivity contribution in [3.05, 3.63) is 34.7 Å². The van der Waals surface area contributed by atoms with E-state index < -0.39 is 0 Å². The Bertz CT molecular complexity index is 526. The van der Waals surface area contributed by atoms with E-state index in [0.717, 1.165) is 22.4 Å². The van der Waals surface area contributed by atoms with Crippen LogP contribution in [0.15, 0.2) is 29.0 Å². The number of fused-ring (bicyclic) bond motifs is 1. The van der Waals surface area contributed by atoms with Gasteiger partial charge in [0.15, 0.2) is 0 Å². The minimum absolute atomic E-state index is 0.201. The molecule has 0 aromatic carbocycles. The van der Waals surface area contributed by atoms with Crippen molar-refractivity contribution in [3.8, 4) is 0 Å². The maximum absolute atomic E-state index is 9.11. The molecule has 0 saturated carbocycles. The van der Waals surface area contributed by atoms with Crippen molar-refractivity contribution in [1.29, 1.82) is 0 Å². The Labute approximate surface area is 115 Å². The van der Waals surface area contributed by atoms with Crippen molar-refractivity contribution in [2.24, 2.45) is 5.92 Å². The van der Waals surface area contributed by atoms with Crippen LogP contribution < -0.4 is 5.32 Å². The minimum Gasteiger partial charge on any atom is -0.396 e. The average Bonchev–Trinajstić information content (AvgIpc) is 2.77. The fraction of sp³-hybridized carbons (Fsp3) is 0.462. The molecule has 2 heterocycles. The molecule has 4 nitrogen and oxygen atoms in total. The summed E-state index contributed by atoms with van der Waals surface area (Å²) in [4.78, 5) is 4.36. The van der Waals surface area contributed by atoms with Gasteiger partial charge >= 0.3 is 0 Å². The predicted octanol–water partition coefficient (Wildman–Crippen LogP) is 2.20. The summed E-state index contributed by atoms with van der Waals surface area (Å²) in [7, 11) is 0. The lowest BCUT2D eigenvalue weighted by Crippen LogP contribution is -2.33. The molecule has 2 atom stereocenters. The third-order valence-electron chi connectivity index (χ3n) is 3.29. The highest BCUT2D eigenvalue weighted by molar-refractivity contribution is 9.10. The Hall–Kier alpha value is -0.910. The van der Waals surface area contributed by atoms with Crippen LogP contribution in [0.1, 0.15) is 19.5 Å². The highest BCUT2D eigenvalue weighted by Gasteiger charge is 2.11. The summed E-state index contributed by atoms with van der Waals surface area (Å²) in [6.45, 7) is 5.05. The zero-order chi connectivity index (χ0) is 13.1. The van der Waals surface area contributed by atoms with Crippen LogP contribution in [-0.4, -0.2) is 27.1 Å². The molecule has 0 saturated heterocycles. The van der Waals surface area contributed by atoms with Crippen LogP contribution in [0, 0.1) is 5.92 Å². The van der Waals surface area contributed by atoms with Gasteiger partial charge in [0.2, 0.25) is 0 Å². The first-order chi connectivity index (χ1) is 8.61. The first-order valence-electron chi connectivity index (χ1n) is 6.07. The Morgan fingerprint density at radius 2 is 2.22 bits per heavy atom. The summed E-state index contributed by atoms with van der Waals surface area (Å²) >= 11 is 3.46. The molecule has 2 N–H and O–H groups in total. The topological polar surface area (TPSA) is 49.6 Å². The number of aliphatic hydroxyl groups excluding tert-OH is 1. The number of rotatable bonds is 5. The van der Waals surface area contributed by atoms with Gasteiger partial charge in [-0.3, -0.25) is 0 Å². The van der Waals surface area contributed by atoms with Crippen molar-refractivity contribution in [3.63, 3.8) is 0 Å². The summed E-state index contributed by atoms with van der Waals surface area (Å²) < 4.78 is 3.10. The van der Waals surface area contributed by atoms with Crippen LogP contribution in [-0.2, 0) is 6.54 Å². The van der Waals surface area contributed by atoms with E-state index in [1.165, 1.54) is 0 Å². The third kappa shape index (κ3) is 2.91. The van der Waals surface area contributed by atoms with E-state index >= 15 is 0 Å². The van der Waals surface area contributed by atoms with Crippen LogP contribution in [0.3, 0.4) is 0 Å². The van der Waals surface area contributed by atoms with Crippen LogP contribution in [0.5, 0.6) is 0 Å². The van der Waals surface area contributed by atoms with Crippen LogP contribution in [0.25, 0.3) is 5.65 Å². The number of hydrogen-bond acceptors (Lipinski definition) is 3. The molecular formula is C13H18BrN3O. The average molecular weight is 312 g/mol. The van der Waals surface area contributed by atoms with Crippen molar-refractivity contribution < 1.29 is 5.11 Å². The molecule has 2 unspecified atom stereocenters. The van der Waals surface area contributed by atoms with Gasteiger partial charge in [0, 0.05) is 29.9 Å². The number of pyridine rings is 1.